The molecule has 1 N–H and O–H groups in total. The van der Waals surface area contributed by atoms with E-state index in [0.29, 0.717) is 17.3 Å². The molecule has 0 spiro atoms. The molecule has 0 aliphatic heterocycles. The van der Waals surface area contributed by atoms with E-state index in [1.807, 2.05) is 87.5 Å². The number of methoxy groups -OCH3 is 1. The number of benzene rings is 3. The number of ether oxygens (including phenoxy) is 1. The van der Waals surface area contributed by atoms with Crippen LogP contribution in [-0.4, -0.2) is 23.2 Å². The van der Waals surface area contributed by atoms with E-state index in [0.717, 1.165) is 22.1 Å². The normalized spacial score (nSPS) is 12.5. The number of hydrogen-bond donors (Lipinski definition) is 1. The fraction of sp³-hybridized carbons (Fsp3) is 0.240. The molecule has 0 fully saturated rings. The van der Waals surface area contributed by atoms with Gasteiger partial charge in [-0.05, 0) is 46.5 Å². The summed E-state index contributed by atoms with van der Waals surface area (Å²) in [6.45, 7) is 6.08. The highest BCUT2D eigenvalue weighted by atomic mass is 16.5. The van der Waals surface area contributed by atoms with Crippen molar-refractivity contribution in [2.24, 2.45) is 5.41 Å². The van der Waals surface area contributed by atoms with Crippen LogP contribution >= 0.6 is 0 Å². The van der Waals surface area contributed by atoms with Gasteiger partial charge in [0.1, 0.15) is 11.8 Å². The molecule has 6 heteroatoms. The molecule has 6 nitrogen and oxygen atoms in total. The number of fused-ring (bicyclic) bond motifs is 1. The number of nitrogens with one attached hydrogen (secondary N) is 1. The van der Waals surface area contributed by atoms with Crippen LogP contribution in [0.1, 0.15) is 43.1 Å². The summed E-state index contributed by atoms with van der Waals surface area (Å²) in [4.78, 5) is 17.8. The average molecular weight is 415 g/mol. The van der Waals surface area contributed by atoms with Crippen molar-refractivity contribution in [2.45, 2.75) is 26.8 Å². The maximum Gasteiger partial charge on any atom is 0.252 e. The predicted molar refractivity (Wildman–Crippen MR) is 120 cm³/mol. The van der Waals surface area contributed by atoms with Crippen molar-refractivity contribution in [2.75, 3.05) is 7.11 Å². The number of hydrogen-bond acceptors (Lipinski definition) is 5. The molecule has 31 heavy (non-hydrogen) atoms. The van der Waals surface area contributed by atoms with Crippen molar-refractivity contribution in [1.29, 1.82) is 0 Å². The van der Waals surface area contributed by atoms with E-state index < -0.39 is 6.04 Å². The highest BCUT2D eigenvalue weighted by Gasteiger charge is 2.33. The minimum atomic E-state index is -0.460. The number of amides is 1. The van der Waals surface area contributed by atoms with Crippen LogP contribution in [0.2, 0.25) is 0 Å². The van der Waals surface area contributed by atoms with Gasteiger partial charge in [-0.1, -0.05) is 62.3 Å². The Bertz CT molecular complexity index is 1200. The quantitative estimate of drug-likeness (QED) is 0.471. The van der Waals surface area contributed by atoms with Crippen molar-refractivity contribution < 1.29 is 14.1 Å². The monoisotopic (exact) mass is 415 g/mol. The zero-order chi connectivity index (χ0) is 22.0. The topological polar surface area (TPSA) is 77.3 Å². The van der Waals surface area contributed by atoms with Crippen molar-refractivity contribution in [1.82, 2.24) is 15.5 Å². The molecular weight excluding hydrogens is 390 g/mol. The lowest BCUT2D eigenvalue weighted by molar-refractivity contribution is 0.0882. The molecule has 1 aromatic heterocycles. The van der Waals surface area contributed by atoms with Crippen molar-refractivity contribution >= 4 is 16.7 Å². The Labute approximate surface area is 181 Å². The van der Waals surface area contributed by atoms with Gasteiger partial charge in [-0.3, -0.25) is 4.79 Å². The number of rotatable bonds is 5. The lowest BCUT2D eigenvalue weighted by atomic mass is 9.86. The molecule has 1 heterocycles. The Morgan fingerprint density at radius 2 is 1.71 bits per heavy atom. The smallest absolute Gasteiger partial charge is 0.252 e. The maximum absolute atomic E-state index is 13.2. The fourth-order valence-corrected chi connectivity index (χ4v) is 3.49. The lowest BCUT2D eigenvalue weighted by Crippen LogP contribution is -2.37. The molecule has 0 aliphatic carbocycles. The summed E-state index contributed by atoms with van der Waals surface area (Å²) in [5.41, 5.74) is 1.08. The molecule has 0 aliphatic rings. The van der Waals surface area contributed by atoms with Gasteiger partial charge < -0.3 is 14.6 Å². The molecule has 1 atom stereocenters. The molecule has 4 rings (SSSR count). The first-order valence-corrected chi connectivity index (χ1v) is 10.1. The molecule has 1 amide bonds. The van der Waals surface area contributed by atoms with Crippen LogP contribution in [0.15, 0.2) is 71.3 Å². The zero-order valence-corrected chi connectivity index (χ0v) is 18.0. The Balaban J connectivity index is 1.64. The molecule has 0 saturated heterocycles. The van der Waals surface area contributed by atoms with E-state index in [4.69, 9.17) is 9.26 Å². The molecular formula is C25H25N3O3. The van der Waals surface area contributed by atoms with Crippen molar-refractivity contribution in [3.05, 3.63) is 78.2 Å². The Morgan fingerprint density at radius 3 is 2.42 bits per heavy atom. The van der Waals surface area contributed by atoms with E-state index in [2.05, 4.69) is 15.5 Å². The van der Waals surface area contributed by atoms with Gasteiger partial charge in [-0.15, -0.1) is 0 Å². The summed E-state index contributed by atoms with van der Waals surface area (Å²) in [6.07, 6.45) is 0. The van der Waals surface area contributed by atoms with E-state index in [1.54, 1.807) is 7.11 Å². The summed E-state index contributed by atoms with van der Waals surface area (Å²) >= 11 is 0. The highest BCUT2D eigenvalue weighted by Crippen LogP contribution is 2.33. The number of carbonyl (C=O) groups is 1. The van der Waals surface area contributed by atoms with Gasteiger partial charge in [-0.25, -0.2) is 0 Å². The Hall–Kier alpha value is -3.67. The minimum absolute atomic E-state index is 0.180. The fourth-order valence-electron chi connectivity index (χ4n) is 3.49. The summed E-state index contributed by atoms with van der Waals surface area (Å²) in [6, 6.07) is 20.5. The molecule has 0 bridgehead atoms. The molecule has 158 valence electrons. The van der Waals surface area contributed by atoms with Crippen LogP contribution in [0, 0.1) is 5.41 Å². The van der Waals surface area contributed by atoms with Gasteiger partial charge in [0.25, 0.3) is 5.91 Å². The number of aromatic nitrogens is 2. The van der Waals surface area contributed by atoms with Crippen LogP contribution in [0.25, 0.3) is 22.2 Å². The zero-order valence-electron chi connectivity index (χ0n) is 18.0. The number of nitrogens with zero attached hydrogens (tertiary/aromatic N) is 2. The van der Waals surface area contributed by atoms with Crippen LogP contribution in [-0.2, 0) is 0 Å². The van der Waals surface area contributed by atoms with Gasteiger partial charge in [0.15, 0.2) is 0 Å². The van der Waals surface area contributed by atoms with E-state index >= 15 is 0 Å². The molecule has 4 aromatic rings. The first-order chi connectivity index (χ1) is 14.9. The molecule has 0 radical (unpaired) electrons. The predicted octanol–water partition coefficient (Wildman–Crippen LogP) is 5.42. The summed E-state index contributed by atoms with van der Waals surface area (Å²) in [5.74, 6) is 1.40. The summed E-state index contributed by atoms with van der Waals surface area (Å²) in [7, 11) is 1.62. The Morgan fingerprint density at radius 1 is 1.00 bits per heavy atom. The largest absolute Gasteiger partial charge is 0.497 e. The van der Waals surface area contributed by atoms with Crippen molar-refractivity contribution in [3.63, 3.8) is 0 Å². The van der Waals surface area contributed by atoms with E-state index in [-0.39, 0.29) is 11.3 Å². The van der Waals surface area contributed by atoms with Crippen LogP contribution in [0.4, 0.5) is 0 Å². The second-order valence-electron chi connectivity index (χ2n) is 8.48. The second kappa shape index (κ2) is 8.22. The summed E-state index contributed by atoms with van der Waals surface area (Å²) < 4.78 is 10.8. The Kier molecular flexibility index (Phi) is 5.46. The lowest BCUT2D eigenvalue weighted by Gasteiger charge is -2.28. The van der Waals surface area contributed by atoms with Gasteiger partial charge >= 0.3 is 0 Å². The first-order valence-electron chi connectivity index (χ1n) is 10.1. The standard InChI is InChI=1S/C25H25N3O3/c1-25(2,3)21(24-27-22(28-31-24)17-12-14-18(30-4)15-13-17)26-23(29)20-11-7-9-16-8-5-6-10-19(16)20/h5-15,21H,1-4H3,(H,26,29)/t21-/m0/s1. The molecule has 0 unspecified atom stereocenters. The van der Waals surface area contributed by atoms with Gasteiger partial charge in [0.05, 0.1) is 7.11 Å². The molecule has 3 aromatic carbocycles. The van der Waals surface area contributed by atoms with Crippen LogP contribution in [0.3, 0.4) is 0 Å². The van der Waals surface area contributed by atoms with Crippen LogP contribution in [0.5, 0.6) is 5.75 Å². The highest BCUT2D eigenvalue weighted by molar-refractivity contribution is 6.07. The molecule has 0 saturated carbocycles. The number of carbonyl (C=O) groups excluding carboxylic acids is 1. The third-order valence-corrected chi connectivity index (χ3v) is 5.21. The first kappa shape index (κ1) is 20.6. The maximum atomic E-state index is 13.2. The van der Waals surface area contributed by atoms with Gasteiger partial charge in [0.2, 0.25) is 11.7 Å². The third kappa shape index (κ3) is 4.28. The van der Waals surface area contributed by atoms with Crippen LogP contribution < -0.4 is 10.1 Å². The average Bonchev–Trinajstić information content (AvgIpc) is 3.26. The third-order valence-electron chi connectivity index (χ3n) is 5.21. The van der Waals surface area contributed by atoms with Crippen molar-refractivity contribution in [3.8, 4) is 17.1 Å². The minimum Gasteiger partial charge on any atom is -0.497 e. The van der Waals surface area contributed by atoms with E-state index in [9.17, 15) is 4.79 Å². The summed E-state index contributed by atoms with van der Waals surface area (Å²) in [5, 5.41) is 9.16. The SMILES string of the molecule is COc1ccc(-c2noc([C@H](NC(=O)c3cccc4ccccc34)C(C)(C)C)n2)cc1. The van der Waals surface area contributed by atoms with E-state index in [1.165, 1.54) is 0 Å². The van der Waals surface area contributed by atoms with Gasteiger partial charge in [0, 0.05) is 11.1 Å². The second-order valence-corrected chi connectivity index (χ2v) is 8.48. The van der Waals surface area contributed by atoms with Gasteiger partial charge in [-0.2, -0.15) is 4.98 Å².